The minimum absolute atomic E-state index is 0.503. The lowest BCUT2D eigenvalue weighted by Gasteiger charge is -1.88. The van der Waals surface area contributed by atoms with Gasteiger partial charge in [0.1, 0.15) is 13.4 Å². The number of ether oxygens (including phenoxy) is 1. The van der Waals surface area contributed by atoms with Gasteiger partial charge in [0.05, 0.1) is 6.61 Å². The molecule has 2 rings (SSSR count). The fourth-order valence-corrected chi connectivity index (χ4v) is 5.20. The SMILES string of the molecule is COCc1nnc(Sc2nc(Br)c(Br)s2)s1. The Morgan fingerprint density at radius 3 is 2.69 bits per heavy atom. The largest absolute Gasteiger partial charge is 0.377 e. The van der Waals surface area contributed by atoms with E-state index in [0.29, 0.717) is 6.61 Å². The van der Waals surface area contributed by atoms with Gasteiger partial charge in [-0.2, -0.15) is 0 Å². The summed E-state index contributed by atoms with van der Waals surface area (Å²) in [6, 6.07) is 0. The molecule has 0 radical (unpaired) electrons. The summed E-state index contributed by atoms with van der Waals surface area (Å²) in [5.41, 5.74) is 0. The highest BCUT2D eigenvalue weighted by Crippen LogP contribution is 2.38. The molecular formula is C7H5Br2N3OS3. The van der Waals surface area contributed by atoms with Crippen molar-refractivity contribution in [2.75, 3.05) is 7.11 Å². The van der Waals surface area contributed by atoms with Gasteiger partial charge in [0.25, 0.3) is 0 Å². The second-order valence-electron chi connectivity index (χ2n) is 2.54. The van der Waals surface area contributed by atoms with Gasteiger partial charge in [-0.1, -0.05) is 22.7 Å². The monoisotopic (exact) mass is 401 g/mol. The van der Waals surface area contributed by atoms with Gasteiger partial charge in [-0.3, -0.25) is 0 Å². The predicted molar refractivity (Wildman–Crippen MR) is 72.3 cm³/mol. The van der Waals surface area contributed by atoms with Gasteiger partial charge >= 0.3 is 0 Å². The number of methoxy groups -OCH3 is 1. The highest BCUT2D eigenvalue weighted by atomic mass is 79.9. The molecule has 0 aliphatic rings. The summed E-state index contributed by atoms with van der Waals surface area (Å²) in [6.07, 6.45) is 0. The lowest BCUT2D eigenvalue weighted by atomic mass is 10.8. The van der Waals surface area contributed by atoms with Crippen molar-refractivity contribution >= 4 is 66.3 Å². The van der Waals surface area contributed by atoms with Crippen molar-refractivity contribution in [2.45, 2.75) is 15.3 Å². The number of aromatic nitrogens is 3. The number of nitrogens with zero attached hydrogens (tertiary/aromatic N) is 3. The van der Waals surface area contributed by atoms with E-state index in [2.05, 4.69) is 47.0 Å². The smallest absolute Gasteiger partial charge is 0.181 e. The number of hydrogen-bond acceptors (Lipinski definition) is 7. The van der Waals surface area contributed by atoms with Crippen LogP contribution >= 0.6 is 66.3 Å². The van der Waals surface area contributed by atoms with E-state index in [9.17, 15) is 0 Å². The summed E-state index contributed by atoms with van der Waals surface area (Å²) in [7, 11) is 1.64. The van der Waals surface area contributed by atoms with Crippen LogP contribution in [0.25, 0.3) is 0 Å². The molecule has 16 heavy (non-hydrogen) atoms. The summed E-state index contributed by atoms with van der Waals surface area (Å²) < 4.78 is 8.59. The van der Waals surface area contributed by atoms with Crippen LogP contribution in [-0.2, 0) is 11.3 Å². The van der Waals surface area contributed by atoms with Crippen LogP contribution in [0.15, 0.2) is 17.1 Å². The van der Waals surface area contributed by atoms with Gasteiger partial charge in [0.2, 0.25) is 0 Å². The van der Waals surface area contributed by atoms with E-state index in [-0.39, 0.29) is 0 Å². The molecule has 0 spiro atoms. The van der Waals surface area contributed by atoms with Gasteiger partial charge in [0.15, 0.2) is 8.68 Å². The van der Waals surface area contributed by atoms with E-state index < -0.39 is 0 Å². The first-order chi connectivity index (χ1) is 7.69. The number of rotatable bonds is 4. The number of hydrogen-bond donors (Lipinski definition) is 0. The van der Waals surface area contributed by atoms with Crippen LogP contribution < -0.4 is 0 Å². The van der Waals surface area contributed by atoms with Crippen LogP contribution in [0.3, 0.4) is 0 Å². The second-order valence-corrected chi connectivity index (χ2v) is 8.17. The molecule has 4 nitrogen and oxygen atoms in total. The van der Waals surface area contributed by atoms with E-state index >= 15 is 0 Å². The zero-order valence-electron chi connectivity index (χ0n) is 7.94. The van der Waals surface area contributed by atoms with E-state index in [0.717, 1.165) is 22.1 Å². The molecule has 2 heterocycles. The predicted octanol–water partition coefficient (Wildman–Crippen LogP) is 3.82. The Balaban J connectivity index is 2.08. The van der Waals surface area contributed by atoms with Crippen molar-refractivity contribution in [1.82, 2.24) is 15.2 Å². The average Bonchev–Trinajstić information content (AvgIpc) is 2.77. The van der Waals surface area contributed by atoms with E-state index in [4.69, 9.17) is 4.74 Å². The normalized spacial score (nSPS) is 10.9. The van der Waals surface area contributed by atoms with Crippen LogP contribution in [0, 0.1) is 0 Å². The standard InChI is InChI=1S/C7H5Br2N3OS3/c1-13-2-3-11-12-7(14-3)16-6-10-4(8)5(9)15-6/h2H2,1H3. The maximum Gasteiger partial charge on any atom is 0.181 e. The first-order valence-electron chi connectivity index (χ1n) is 4.00. The molecule has 0 aromatic carbocycles. The van der Waals surface area contributed by atoms with Crippen molar-refractivity contribution < 1.29 is 4.74 Å². The first kappa shape index (κ1) is 12.9. The van der Waals surface area contributed by atoms with Crippen molar-refractivity contribution in [3.05, 3.63) is 13.4 Å². The fourth-order valence-electron chi connectivity index (χ4n) is 0.845. The third-order valence-electron chi connectivity index (χ3n) is 1.42. The van der Waals surface area contributed by atoms with Gasteiger partial charge in [-0.15, -0.1) is 10.2 Å². The molecule has 0 fully saturated rings. The summed E-state index contributed by atoms with van der Waals surface area (Å²) in [6.45, 7) is 0.503. The fraction of sp³-hybridized carbons (Fsp3) is 0.286. The van der Waals surface area contributed by atoms with E-state index in [1.54, 1.807) is 18.4 Å². The summed E-state index contributed by atoms with van der Waals surface area (Å²) >= 11 is 11.3. The lowest BCUT2D eigenvalue weighted by molar-refractivity contribution is 0.184. The Kier molecular flexibility index (Phi) is 4.74. The molecule has 0 atom stereocenters. The second kappa shape index (κ2) is 5.87. The van der Waals surface area contributed by atoms with Crippen molar-refractivity contribution in [3.63, 3.8) is 0 Å². The third-order valence-corrected chi connectivity index (χ3v) is 6.50. The summed E-state index contributed by atoms with van der Waals surface area (Å²) in [5, 5.41) is 8.94. The topological polar surface area (TPSA) is 47.9 Å². The highest BCUT2D eigenvalue weighted by molar-refractivity contribution is 9.13. The Labute approximate surface area is 121 Å². The molecule has 0 bridgehead atoms. The molecule has 0 amide bonds. The first-order valence-corrected chi connectivity index (χ1v) is 8.03. The molecule has 0 N–H and O–H groups in total. The molecule has 2 aromatic rings. The van der Waals surface area contributed by atoms with Crippen molar-refractivity contribution in [3.8, 4) is 0 Å². The molecular weight excluding hydrogens is 398 g/mol. The number of thiazole rings is 1. The maximum absolute atomic E-state index is 4.99. The average molecular weight is 403 g/mol. The Bertz CT molecular complexity index is 467. The molecule has 2 aromatic heterocycles. The quantitative estimate of drug-likeness (QED) is 0.777. The molecule has 0 aliphatic carbocycles. The van der Waals surface area contributed by atoms with Gasteiger partial charge in [-0.05, 0) is 43.6 Å². The van der Waals surface area contributed by atoms with Crippen LogP contribution in [0.5, 0.6) is 0 Å². The van der Waals surface area contributed by atoms with E-state index in [1.807, 2.05) is 0 Å². The Morgan fingerprint density at radius 2 is 2.06 bits per heavy atom. The zero-order chi connectivity index (χ0) is 11.5. The summed E-state index contributed by atoms with van der Waals surface area (Å²) in [5.74, 6) is 0. The van der Waals surface area contributed by atoms with Crippen LogP contribution in [0.4, 0.5) is 0 Å². The zero-order valence-corrected chi connectivity index (χ0v) is 13.6. The molecule has 0 aliphatic heterocycles. The van der Waals surface area contributed by atoms with Crippen LogP contribution in [-0.4, -0.2) is 22.3 Å². The Morgan fingerprint density at radius 1 is 1.25 bits per heavy atom. The molecule has 0 unspecified atom stereocenters. The minimum atomic E-state index is 0.503. The Hall–Kier alpha value is 0.460. The molecule has 86 valence electrons. The van der Waals surface area contributed by atoms with Gasteiger partial charge in [-0.25, -0.2) is 4.98 Å². The van der Waals surface area contributed by atoms with Crippen molar-refractivity contribution in [2.24, 2.45) is 0 Å². The maximum atomic E-state index is 4.99. The van der Waals surface area contributed by atoms with Crippen molar-refractivity contribution in [1.29, 1.82) is 0 Å². The number of halogens is 2. The third kappa shape index (κ3) is 3.23. The highest BCUT2D eigenvalue weighted by Gasteiger charge is 2.11. The van der Waals surface area contributed by atoms with Crippen LogP contribution in [0.1, 0.15) is 5.01 Å². The minimum Gasteiger partial charge on any atom is -0.377 e. The van der Waals surface area contributed by atoms with Crippen LogP contribution in [0.2, 0.25) is 0 Å². The lowest BCUT2D eigenvalue weighted by Crippen LogP contribution is -1.84. The molecule has 0 saturated carbocycles. The van der Waals surface area contributed by atoms with E-state index in [1.165, 1.54) is 23.1 Å². The van der Waals surface area contributed by atoms with Gasteiger partial charge < -0.3 is 4.74 Å². The van der Waals surface area contributed by atoms with Gasteiger partial charge in [0, 0.05) is 7.11 Å². The summed E-state index contributed by atoms with van der Waals surface area (Å²) in [4.78, 5) is 4.32. The molecule has 0 saturated heterocycles. The molecule has 9 heteroatoms.